The Hall–Kier alpha value is -2.54. The lowest BCUT2D eigenvalue weighted by Gasteiger charge is -2.17. The monoisotopic (exact) mass is 360 g/mol. The van der Waals surface area contributed by atoms with Gasteiger partial charge in [0.05, 0.1) is 12.8 Å². The number of benzene rings is 2. The molecule has 0 saturated carbocycles. The van der Waals surface area contributed by atoms with E-state index >= 15 is 0 Å². The summed E-state index contributed by atoms with van der Waals surface area (Å²) in [5.74, 6) is 0.337. The standard InChI is InChI=1S/C18H20N2O4S/c1-13-8-9-16(24-2)17(11-13)25(22,23)19-14-5-3-6-15(12-14)20-10-4-7-18(20)21/h3,5-6,8-9,11-12,19H,4,7,10H2,1-2H3. The summed E-state index contributed by atoms with van der Waals surface area (Å²) >= 11 is 0. The molecule has 1 amide bonds. The van der Waals surface area contributed by atoms with Crippen molar-refractivity contribution in [2.75, 3.05) is 23.3 Å². The zero-order chi connectivity index (χ0) is 18.0. The summed E-state index contributed by atoms with van der Waals surface area (Å²) < 4.78 is 33.3. The molecule has 0 radical (unpaired) electrons. The lowest BCUT2D eigenvalue weighted by Crippen LogP contribution is -2.23. The van der Waals surface area contributed by atoms with Gasteiger partial charge in [-0.1, -0.05) is 12.1 Å². The highest BCUT2D eigenvalue weighted by Crippen LogP contribution is 2.29. The smallest absolute Gasteiger partial charge is 0.265 e. The van der Waals surface area contributed by atoms with E-state index in [1.165, 1.54) is 7.11 Å². The normalized spacial score (nSPS) is 14.6. The van der Waals surface area contributed by atoms with Gasteiger partial charge in [0.1, 0.15) is 10.6 Å². The lowest BCUT2D eigenvalue weighted by atomic mass is 10.2. The highest BCUT2D eigenvalue weighted by atomic mass is 32.2. The second-order valence-corrected chi connectivity index (χ2v) is 7.61. The minimum Gasteiger partial charge on any atom is -0.495 e. The van der Waals surface area contributed by atoms with E-state index in [2.05, 4.69) is 4.72 Å². The number of carbonyl (C=O) groups is 1. The number of ether oxygens (including phenoxy) is 1. The Morgan fingerprint density at radius 2 is 1.96 bits per heavy atom. The van der Waals surface area contributed by atoms with Gasteiger partial charge in [-0.05, 0) is 49.2 Å². The van der Waals surface area contributed by atoms with E-state index in [1.807, 2.05) is 6.92 Å². The molecule has 0 unspecified atom stereocenters. The molecule has 0 aromatic heterocycles. The number of amides is 1. The Kier molecular flexibility index (Phi) is 4.67. The van der Waals surface area contributed by atoms with Gasteiger partial charge >= 0.3 is 0 Å². The number of nitrogens with one attached hydrogen (secondary N) is 1. The average Bonchev–Trinajstić information content (AvgIpc) is 3.01. The molecule has 7 heteroatoms. The molecule has 1 saturated heterocycles. The first-order valence-electron chi connectivity index (χ1n) is 7.98. The van der Waals surface area contributed by atoms with Crippen molar-refractivity contribution in [3.8, 4) is 5.75 Å². The van der Waals surface area contributed by atoms with E-state index in [4.69, 9.17) is 4.74 Å². The number of methoxy groups -OCH3 is 1. The molecular weight excluding hydrogens is 340 g/mol. The predicted molar refractivity (Wildman–Crippen MR) is 96.6 cm³/mol. The van der Waals surface area contributed by atoms with E-state index in [1.54, 1.807) is 47.4 Å². The van der Waals surface area contributed by atoms with Crippen LogP contribution < -0.4 is 14.4 Å². The van der Waals surface area contributed by atoms with Crippen molar-refractivity contribution in [2.24, 2.45) is 0 Å². The summed E-state index contributed by atoms with van der Waals surface area (Å²) in [4.78, 5) is 13.6. The third kappa shape index (κ3) is 3.61. The van der Waals surface area contributed by atoms with Crippen LogP contribution in [0.15, 0.2) is 47.4 Å². The van der Waals surface area contributed by atoms with Gasteiger partial charge in [-0.2, -0.15) is 0 Å². The summed E-state index contributed by atoms with van der Waals surface area (Å²) in [6.07, 6.45) is 1.34. The van der Waals surface area contributed by atoms with Gasteiger partial charge in [0.25, 0.3) is 10.0 Å². The largest absolute Gasteiger partial charge is 0.495 e. The summed E-state index contributed by atoms with van der Waals surface area (Å²) in [5, 5.41) is 0. The van der Waals surface area contributed by atoms with Gasteiger partial charge < -0.3 is 9.64 Å². The molecule has 1 heterocycles. The van der Waals surface area contributed by atoms with Crippen molar-refractivity contribution < 1.29 is 17.9 Å². The van der Waals surface area contributed by atoms with Crippen LogP contribution in [0.1, 0.15) is 18.4 Å². The van der Waals surface area contributed by atoms with E-state index in [9.17, 15) is 13.2 Å². The summed E-state index contributed by atoms with van der Waals surface area (Å²) in [6.45, 7) is 2.47. The van der Waals surface area contributed by atoms with Crippen molar-refractivity contribution in [3.05, 3.63) is 48.0 Å². The lowest BCUT2D eigenvalue weighted by molar-refractivity contribution is -0.117. The van der Waals surface area contributed by atoms with Crippen LogP contribution in [0, 0.1) is 6.92 Å². The van der Waals surface area contributed by atoms with Crippen LogP contribution in [-0.4, -0.2) is 28.0 Å². The second-order valence-electron chi connectivity index (χ2n) is 5.96. The van der Waals surface area contributed by atoms with Crippen molar-refractivity contribution in [2.45, 2.75) is 24.7 Å². The summed E-state index contributed by atoms with van der Waals surface area (Å²) in [6, 6.07) is 11.8. The van der Waals surface area contributed by atoms with Gasteiger partial charge in [-0.25, -0.2) is 8.42 Å². The second kappa shape index (κ2) is 6.76. The van der Waals surface area contributed by atoms with Crippen LogP contribution in [-0.2, 0) is 14.8 Å². The van der Waals surface area contributed by atoms with Gasteiger partial charge in [0.15, 0.2) is 0 Å². The SMILES string of the molecule is COc1ccc(C)cc1S(=O)(=O)Nc1cccc(N2CCCC2=O)c1. The average molecular weight is 360 g/mol. The molecule has 132 valence electrons. The number of rotatable bonds is 5. The molecule has 0 atom stereocenters. The van der Waals surface area contributed by atoms with Crippen LogP contribution in [0.4, 0.5) is 11.4 Å². The Morgan fingerprint density at radius 1 is 1.16 bits per heavy atom. The van der Waals surface area contributed by atoms with Gasteiger partial charge in [-0.3, -0.25) is 9.52 Å². The molecule has 1 aliphatic rings. The minimum atomic E-state index is -3.81. The third-order valence-corrected chi connectivity index (χ3v) is 5.49. The molecule has 0 spiro atoms. The van der Waals surface area contributed by atoms with Crippen molar-refractivity contribution in [3.63, 3.8) is 0 Å². The molecule has 2 aromatic rings. The Morgan fingerprint density at radius 3 is 2.64 bits per heavy atom. The van der Waals surface area contributed by atoms with Gasteiger partial charge in [-0.15, -0.1) is 0 Å². The third-order valence-electron chi connectivity index (χ3n) is 4.09. The van der Waals surface area contributed by atoms with Crippen LogP contribution in [0.2, 0.25) is 0 Å². The number of nitrogens with zero attached hydrogens (tertiary/aromatic N) is 1. The highest BCUT2D eigenvalue weighted by molar-refractivity contribution is 7.92. The van der Waals surface area contributed by atoms with E-state index in [0.29, 0.717) is 24.3 Å². The number of aryl methyl sites for hydroxylation is 1. The first-order chi connectivity index (χ1) is 11.9. The quantitative estimate of drug-likeness (QED) is 0.889. The molecule has 6 nitrogen and oxygen atoms in total. The van der Waals surface area contributed by atoms with E-state index in [0.717, 1.165) is 12.0 Å². The van der Waals surface area contributed by atoms with Crippen LogP contribution in [0.25, 0.3) is 0 Å². The summed E-state index contributed by atoms with van der Waals surface area (Å²) in [5.41, 5.74) is 1.91. The molecule has 0 bridgehead atoms. The topological polar surface area (TPSA) is 75.7 Å². The van der Waals surface area contributed by atoms with Crippen molar-refractivity contribution >= 4 is 27.3 Å². The minimum absolute atomic E-state index is 0.0559. The number of hydrogen-bond acceptors (Lipinski definition) is 4. The number of carbonyl (C=O) groups excluding carboxylic acids is 1. The van der Waals surface area contributed by atoms with Crippen molar-refractivity contribution in [1.29, 1.82) is 0 Å². The zero-order valence-electron chi connectivity index (χ0n) is 14.2. The van der Waals surface area contributed by atoms with Crippen LogP contribution in [0.5, 0.6) is 5.75 Å². The first kappa shape index (κ1) is 17.3. The fraction of sp³-hybridized carbons (Fsp3) is 0.278. The maximum atomic E-state index is 12.8. The Balaban J connectivity index is 1.91. The molecule has 1 aliphatic heterocycles. The molecule has 25 heavy (non-hydrogen) atoms. The zero-order valence-corrected chi connectivity index (χ0v) is 15.0. The predicted octanol–water partition coefficient (Wildman–Crippen LogP) is 2.93. The molecule has 3 rings (SSSR count). The fourth-order valence-corrected chi connectivity index (χ4v) is 4.17. The highest BCUT2D eigenvalue weighted by Gasteiger charge is 2.23. The number of sulfonamides is 1. The van der Waals surface area contributed by atoms with Crippen LogP contribution in [0.3, 0.4) is 0 Å². The molecule has 1 N–H and O–H groups in total. The van der Waals surface area contributed by atoms with Crippen molar-refractivity contribution in [1.82, 2.24) is 0 Å². The fourth-order valence-electron chi connectivity index (χ4n) is 2.86. The van der Waals surface area contributed by atoms with Gasteiger partial charge in [0, 0.05) is 18.7 Å². The number of hydrogen-bond donors (Lipinski definition) is 1. The Bertz CT molecular complexity index is 909. The summed E-state index contributed by atoms with van der Waals surface area (Å²) in [7, 11) is -2.38. The maximum Gasteiger partial charge on any atom is 0.265 e. The Labute approximate surface area is 147 Å². The molecular formula is C18H20N2O4S. The van der Waals surface area contributed by atoms with Crippen LogP contribution >= 0.6 is 0 Å². The maximum absolute atomic E-state index is 12.8. The van der Waals surface area contributed by atoms with Gasteiger partial charge in [0.2, 0.25) is 5.91 Å². The van der Waals surface area contributed by atoms with E-state index < -0.39 is 10.0 Å². The first-order valence-corrected chi connectivity index (χ1v) is 9.47. The molecule has 0 aliphatic carbocycles. The van der Waals surface area contributed by atoms with E-state index in [-0.39, 0.29) is 16.6 Å². The molecule has 1 fully saturated rings. The number of anilines is 2. The molecule has 2 aromatic carbocycles.